The molecule has 156 valence electrons. The van der Waals surface area contributed by atoms with Gasteiger partial charge in [0.05, 0.1) is 43.1 Å². The predicted molar refractivity (Wildman–Crippen MR) is 101 cm³/mol. The maximum atomic E-state index is 13.1. The summed E-state index contributed by atoms with van der Waals surface area (Å²) in [6.45, 7) is 9.14. The molecule has 0 saturated carbocycles. The van der Waals surface area contributed by atoms with Gasteiger partial charge in [-0.3, -0.25) is 9.59 Å². The molecule has 1 aliphatic heterocycles. The van der Waals surface area contributed by atoms with Crippen molar-refractivity contribution in [1.29, 1.82) is 0 Å². The third-order valence-corrected chi connectivity index (χ3v) is 5.03. The van der Waals surface area contributed by atoms with Gasteiger partial charge in [0.1, 0.15) is 0 Å². The lowest BCUT2D eigenvalue weighted by Gasteiger charge is -2.31. The molecule has 0 spiro atoms. The number of nitrogens with one attached hydrogen (secondary N) is 2. The number of carbonyl (C=O) groups is 2. The molecule has 0 unspecified atom stereocenters. The number of piperazine rings is 1. The summed E-state index contributed by atoms with van der Waals surface area (Å²) in [5, 5.41) is 2.67. The van der Waals surface area contributed by atoms with Crippen molar-refractivity contribution in [2.75, 3.05) is 56.0 Å². The Kier molecular flexibility index (Phi) is 7.29. The third kappa shape index (κ3) is 5.60. The summed E-state index contributed by atoms with van der Waals surface area (Å²) in [5.74, 6) is -0.324. The first-order chi connectivity index (χ1) is 13.2. The summed E-state index contributed by atoms with van der Waals surface area (Å²) < 4.78 is 39.3. The normalized spacial score (nSPS) is 15.4. The number of rotatable bonds is 6. The molecule has 1 fully saturated rings. The highest BCUT2D eigenvalue weighted by molar-refractivity contribution is 5.95. The molecule has 1 aliphatic rings. The Hall–Kier alpha value is -2.29. The summed E-state index contributed by atoms with van der Waals surface area (Å²) in [4.78, 5) is 28.5. The van der Waals surface area contributed by atoms with E-state index in [0.29, 0.717) is 45.0 Å². The van der Waals surface area contributed by atoms with E-state index in [4.69, 9.17) is 0 Å². The first-order valence-electron chi connectivity index (χ1n) is 9.50. The van der Waals surface area contributed by atoms with Gasteiger partial charge in [0, 0.05) is 20.0 Å². The fourth-order valence-electron chi connectivity index (χ4n) is 3.39. The van der Waals surface area contributed by atoms with Crippen molar-refractivity contribution in [3.8, 4) is 0 Å². The number of carbonyl (C=O) groups excluding carboxylic acids is 2. The van der Waals surface area contributed by atoms with Crippen molar-refractivity contribution in [3.05, 3.63) is 23.8 Å². The molecule has 0 aromatic heterocycles. The third-order valence-electron chi connectivity index (χ3n) is 5.03. The number of hydrogen-bond acceptors (Lipinski definition) is 3. The summed E-state index contributed by atoms with van der Waals surface area (Å²) >= 11 is 0. The Morgan fingerprint density at radius 1 is 1.18 bits per heavy atom. The number of quaternary nitrogens is 1. The van der Waals surface area contributed by atoms with Crippen LogP contribution in [0.1, 0.15) is 26.3 Å². The highest BCUT2D eigenvalue weighted by Crippen LogP contribution is 2.35. The number of benzene rings is 1. The second kappa shape index (κ2) is 9.27. The zero-order chi connectivity index (χ0) is 20.9. The number of halogens is 3. The number of hydrogen-bond donors (Lipinski definition) is 2. The van der Waals surface area contributed by atoms with Gasteiger partial charge in [0.25, 0.3) is 5.91 Å². The summed E-state index contributed by atoms with van der Waals surface area (Å²) in [5.41, 5.74) is -0.0471. The van der Waals surface area contributed by atoms with Crippen LogP contribution < -0.4 is 15.1 Å². The number of alkyl halides is 3. The largest absolute Gasteiger partial charge is 0.416 e. The van der Waals surface area contributed by atoms with E-state index in [1.165, 1.54) is 13.0 Å². The van der Waals surface area contributed by atoms with E-state index in [1.807, 2.05) is 18.7 Å². The van der Waals surface area contributed by atoms with Crippen LogP contribution >= 0.6 is 0 Å². The van der Waals surface area contributed by atoms with Gasteiger partial charge in [-0.15, -0.1) is 0 Å². The van der Waals surface area contributed by atoms with E-state index in [9.17, 15) is 22.8 Å². The van der Waals surface area contributed by atoms with E-state index < -0.39 is 11.7 Å². The molecule has 0 radical (unpaired) electrons. The van der Waals surface area contributed by atoms with Crippen molar-refractivity contribution < 1.29 is 27.7 Å². The topological polar surface area (TPSA) is 57.1 Å². The van der Waals surface area contributed by atoms with Crippen LogP contribution in [-0.2, 0) is 15.8 Å². The van der Waals surface area contributed by atoms with Gasteiger partial charge in [-0.25, -0.2) is 0 Å². The second-order valence-electron chi connectivity index (χ2n) is 6.88. The zero-order valence-electron chi connectivity index (χ0n) is 16.5. The number of anilines is 2. The quantitative estimate of drug-likeness (QED) is 0.754. The Balaban J connectivity index is 2.12. The average Bonchev–Trinajstić information content (AvgIpc) is 2.63. The van der Waals surface area contributed by atoms with E-state index >= 15 is 0 Å². The lowest BCUT2D eigenvalue weighted by Crippen LogP contribution is -3.15. The SMILES string of the molecule is CCN(CC)c1ccc(C(F)(F)F)cc1NC(=O)C[NH+]1CCN(C(C)=O)CC1. The molecule has 1 aromatic rings. The molecule has 28 heavy (non-hydrogen) atoms. The lowest BCUT2D eigenvalue weighted by molar-refractivity contribution is -0.895. The van der Waals surface area contributed by atoms with Crippen LogP contribution in [0.3, 0.4) is 0 Å². The minimum Gasteiger partial charge on any atom is -0.370 e. The molecule has 6 nitrogen and oxygen atoms in total. The average molecular weight is 401 g/mol. The molecule has 2 amide bonds. The Morgan fingerprint density at radius 2 is 1.79 bits per heavy atom. The molecule has 1 aromatic carbocycles. The van der Waals surface area contributed by atoms with Gasteiger partial charge in [-0.05, 0) is 32.0 Å². The fraction of sp³-hybridized carbons (Fsp3) is 0.579. The molecule has 1 saturated heterocycles. The smallest absolute Gasteiger partial charge is 0.370 e. The Bertz CT molecular complexity index is 697. The minimum absolute atomic E-state index is 0.0105. The van der Waals surface area contributed by atoms with Crippen molar-refractivity contribution in [3.63, 3.8) is 0 Å². The van der Waals surface area contributed by atoms with Crippen LogP contribution in [0.5, 0.6) is 0 Å². The molecule has 9 heteroatoms. The van der Waals surface area contributed by atoms with Crippen LogP contribution in [0.15, 0.2) is 18.2 Å². The van der Waals surface area contributed by atoms with Gasteiger partial charge >= 0.3 is 6.18 Å². The highest BCUT2D eigenvalue weighted by Gasteiger charge is 2.32. The molecule has 2 N–H and O–H groups in total. The van der Waals surface area contributed by atoms with Gasteiger partial charge in [-0.1, -0.05) is 0 Å². The van der Waals surface area contributed by atoms with Gasteiger partial charge in [0.2, 0.25) is 5.91 Å². The van der Waals surface area contributed by atoms with Crippen LogP contribution in [0.4, 0.5) is 24.5 Å². The van der Waals surface area contributed by atoms with Gasteiger partial charge < -0.3 is 20.0 Å². The van der Waals surface area contributed by atoms with Crippen LogP contribution in [-0.4, -0.2) is 62.5 Å². The van der Waals surface area contributed by atoms with E-state index in [-0.39, 0.29) is 24.0 Å². The first-order valence-corrected chi connectivity index (χ1v) is 9.50. The van der Waals surface area contributed by atoms with Crippen molar-refractivity contribution in [1.82, 2.24) is 4.90 Å². The standard InChI is InChI=1S/C19H27F3N4O2/c1-4-25(5-2)17-7-6-15(19(20,21)22)12-16(17)23-18(28)13-24-8-10-26(11-9-24)14(3)27/h6-7,12H,4-5,8-11,13H2,1-3H3,(H,23,28)/p+1. The second-order valence-corrected chi connectivity index (χ2v) is 6.88. The van der Waals surface area contributed by atoms with Crippen molar-refractivity contribution >= 4 is 23.2 Å². The molecule has 2 rings (SSSR count). The fourth-order valence-corrected chi connectivity index (χ4v) is 3.39. The highest BCUT2D eigenvalue weighted by atomic mass is 19.4. The van der Waals surface area contributed by atoms with Crippen molar-refractivity contribution in [2.24, 2.45) is 0 Å². The molecular weight excluding hydrogens is 373 g/mol. The zero-order valence-corrected chi connectivity index (χ0v) is 16.5. The summed E-state index contributed by atoms with van der Waals surface area (Å²) in [6, 6.07) is 3.44. The summed E-state index contributed by atoms with van der Waals surface area (Å²) in [7, 11) is 0. The number of amides is 2. The minimum atomic E-state index is -4.48. The maximum Gasteiger partial charge on any atom is 0.416 e. The summed E-state index contributed by atoms with van der Waals surface area (Å²) in [6.07, 6.45) is -4.48. The number of nitrogens with zero attached hydrogens (tertiary/aromatic N) is 2. The Labute approximate surface area is 163 Å². The van der Waals surface area contributed by atoms with Crippen LogP contribution in [0.25, 0.3) is 0 Å². The molecule has 1 heterocycles. The van der Waals surface area contributed by atoms with E-state index in [1.54, 1.807) is 4.90 Å². The predicted octanol–water partition coefficient (Wildman–Crippen LogP) is 1.24. The maximum absolute atomic E-state index is 13.1. The van der Waals surface area contributed by atoms with Crippen LogP contribution in [0.2, 0.25) is 0 Å². The monoisotopic (exact) mass is 401 g/mol. The molecule has 0 atom stereocenters. The Morgan fingerprint density at radius 3 is 2.29 bits per heavy atom. The van der Waals surface area contributed by atoms with E-state index in [2.05, 4.69) is 5.32 Å². The van der Waals surface area contributed by atoms with Crippen LogP contribution in [0, 0.1) is 0 Å². The molecule has 0 aliphatic carbocycles. The molecular formula is C19H28F3N4O2+. The van der Waals surface area contributed by atoms with Gasteiger partial charge in [0.15, 0.2) is 6.54 Å². The first kappa shape index (κ1) is 22.0. The molecule has 0 bridgehead atoms. The van der Waals surface area contributed by atoms with E-state index in [0.717, 1.165) is 17.0 Å². The van der Waals surface area contributed by atoms with Gasteiger partial charge in [-0.2, -0.15) is 13.2 Å². The van der Waals surface area contributed by atoms with Crippen molar-refractivity contribution in [2.45, 2.75) is 26.9 Å². The lowest BCUT2D eigenvalue weighted by atomic mass is 10.1.